The topological polar surface area (TPSA) is 41.4 Å². The second-order valence-corrected chi connectivity index (χ2v) is 5.55. The Morgan fingerprint density at radius 3 is 3.15 bits per heavy atom. The van der Waals surface area contributed by atoms with Crippen LogP contribution in [0.2, 0.25) is 5.02 Å². The van der Waals surface area contributed by atoms with E-state index in [0.717, 1.165) is 43.5 Å². The summed E-state index contributed by atoms with van der Waals surface area (Å²) in [4.78, 5) is 4.41. The van der Waals surface area contributed by atoms with Crippen LogP contribution in [0.25, 0.3) is 10.9 Å². The molecule has 0 fully saturated rings. The normalized spacial score (nSPS) is 15.0. The standard InChI is InChI=1S/C15H19ClN4/c1-20-10-11(13-4-3-12(16)9-14(13)20)5-8-19-15-17-6-2-7-18-15/h3-4,9-10H,2,5-8H2,1H3,(H2,17,18,19). The second kappa shape index (κ2) is 5.75. The van der Waals surface area contributed by atoms with Gasteiger partial charge in [0.25, 0.3) is 0 Å². The van der Waals surface area contributed by atoms with Gasteiger partial charge in [-0.15, -0.1) is 0 Å². The minimum Gasteiger partial charge on any atom is -0.356 e. The van der Waals surface area contributed by atoms with Crippen LogP contribution in [0, 0.1) is 0 Å². The molecule has 1 aromatic heterocycles. The zero-order valence-electron chi connectivity index (χ0n) is 11.6. The first-order valence-electron chi connectivity index (χ1n) is 7.00. The largest absolute Gasteiger partial charge is 0.356 e. The lowest BCUT2D eigenvalue weighted by Gasteiger charge is -2.15. The number of nitrogens with zero attached hydrogens (tertiary/aromatic N) is 2. The van der Waals surface area contributed by atoms with E-state index in [4.69, 9.17) is 11.6 Å². The van der Waals surface area contributed by atoms with Crippen LogP contribution in [0.15, 0.2) is 29.4 Å². The monoisotopic (exact) mass is 290 g/mol. The SMILES string of the molecule is Cn1cc(CCNC2=NCCCN2)c2ccc(Cl)cc21. The smallest absolute Gasteiger partial charge is 0.191 e. The fourth-order valence-electron chi connectivity index (χ4n) is 2.61. The molecule has 2 aromatic rings. The summed E-state index contributed by atoms with van der Waals surface area (Å²) in [6, 6.07) is 6.07. The first kappa shape index (κ1) is 13.3. The number of aromatic nitrogens is 1. The zero-order valence-corrected chi connectivity index (χ0v) is 12.4. The van der Waals surface area contributed by atoms with Gasteiger partial charge in [0, 0.05) is 48.8 Å². The summed E-state index contributed by atoms with van der Waals surface area (Å²) < 4.78 is 2.13. The lowest BCUT2D eigenvalue weighted by Crippen LogP contribution is -2.41. The third kappa shape index (κ3) is 2.75. The van der Waals surface area contributed by atoms with E-state index >= 15 is 0 Å². The average molecular weight is 291 g/mol. The fourth-order valence-corrected chi connectivity index (χ4v) is 2.77. The van der Waals surface area contributed by atoms with E-state index in [1.165, 1.54) is 16.5 Å². The van der Waals surface area contributed by atoms with Crippen molar-refractivity contribution in [3.8, 4) is 0 Å². The molecule has 1 aliphatic heterocycles. The zero-order chi connectivity index (χ0) is 13.9. The minimum absolute atomic E-state index is 0.782. The molecular formula is C15H19ClN4. The van der Waals surface area contributed by atoms with Gasteiger partial charge in [0.2, 0.25) is 0 Å². The number of hydrogen-bond donors (Lipinski definition) is 2. The van der Waals surface area contributed by atoms with E-state index in [0.29, 0.717) is 0 Å². The average Bonchev–Trinajstić information content (AvgIpc) is 2.76. The molecule has 0 aliphatic carbocycles. The molecule has 4 nitrogen and oxygen atoms in total. The Labute approximate surface area is 123 Å². The van der Waals surface area contributed by atoms with Crippen LogP contribution in [0.1, 0.15) is 12.0 Å². The van der Waals surface area contributed by atoms with E-state index in [1.54, 1.807) is 0 Å². The second-order valence-electron chi connectivity index (χ2n) is 5.11. The molecule has 0 unspecified atom stereocenters. The lowest BCUT2D eigenvalue weighted by molar-refractivity contribution is 0.700. The first-order valence-corrected chi connectivity index (χ1v) is 7.37. The van der Waals surface area contributed by atoms with Gasteiger partial charge in [0.05, 0.1) is 0 Å². The number of aryl methyl sites for hydroxylation is 1. The Kier molecular flexibility index (Phi) is 3.83. The number of hydrogen-bond acceptors (Lipinski definition) is 3. The van der Waals surface area contributed by atoms with Gasteiger partial charge in [0.15, 0.2) is 5.96 Å². The summed E-state index contributed by atoms with van der Waals surface area (Å²) >= 11 is 6.06. The van der Waals surface area contributed by atoms with Crippen LogP contribution < -0.4 is 10.6 Å². The summed E-state index contributed by atoms with van der Waals surface area (Å²) in [5.74, 6) is 0.930. The minimum atomic E-state index is 0.782. The molecule has 0 spiro atoms. The van der Waals surface area contributed by atoms with Crippen LogP contribution >= 0.6 is 11.6 Å². The van der Waals surface area contributed by atoms with Gasteiger partial charge in [-0.1, -0.05) is 17.7 Å². The molecule has 20 heavy (non-hydrogen) atoms. The van der Waals surface area contributed by atoms with Gasteiger partial charge in [-0.05, 0) is 30.5 Å². The molecule has 0 radical (unpaired) electrons. The molecule has 1 aromatic carbocycles. The van der Waals surface area contributed by atoms with Crippen LogP contribution in [0.5, 0.6) is 0 Å². The van der Waals surface area contributed by atoms with Gasteiger partial charge in [-0.25, -0.2) is 0 Å². The van der Waals surface area contributed by atoms with Gasteiger partial charge in [0.1, 0.15) is 0 Å². The highest BCUT2D eigenvalue weighted by atomic mass is 35.5. The highest BCUT2D eigenvalue weighted by molar-refractivity contribution is 6.31. The van der Waals surface area contributed by atoms with E-state index in [-0.39, 0.29) is 0 Å². The van der Waals surface area contributed by atoms with E-state index in [9.17, 15) is 0 Å². The maximum Gasteiger partial charge on any atom is 0.191 e. The van der Waals surface area contributed by atoms with Crippen LogP contribution in [-0.2, 0) is 13.5 Å². The predicted molar refractivity (Wildman–Crippen MR) is 84.6 cm³/mol. The van der Waals surface area contributed by atoms with Crippen molar-refractivity contribution >= 4 is 28.5 Å². The van der Waals surface area contributed by atoms with Crippen molar-refractivity contribution in [1.82, 2.24) is 15.2 Å². The van der Waals surface area contributed by atoms with Crippen LogP contribution in [0.4, 0.5) is 0 Å². The molecule has 0 atom stereocenters. The summed E-state index contributed by atoms with van der Waals surface area (Å²) in [5, 5.41) is 8.69. The molecule has 2 heterocycles. The van der Waals surface area contributed by atoms with E-state index < -0.39 is 0 Å². The van der Waals surface area contributed by atoms with Gasteiger partial charge in [-0.2, -0.15) is 0 Å². The van der Waals surface area contributed by atoms with Crippen molar-refractivity contribution in [1.29, 1.82) is 0 Å². The number of guanidine groups is 1. The summed E-state index contributed by atoms with van der Waals surface area (Å²) in [6.07, 6.45) is 4.27. The van der Waals surface area contributed by atoms with Crippen molar-refractivity contribution < 1.29 is 0 Å². The van der Waals surface area contributed by atoms with Crippen molar-refractivity contribution in [2.45, 2.75) is 12.8 Å². The Morgan fingerprint density at radius 1 is 1.45 bits per heavy atom. The number of aliphatic imine (C=N–C) groups is 1. The van der Waals surface area contributed by atoms with Gasteiger partial charge >= 0.3 is 0 Å². The molecule has 3 rings (SSSR count). The van der Waals surface area contributed by atoms with Crippen molar-refractivity contribution in [2.75, 3.05) is 19.6 Å². The predicted octanol–water partition coefficient (Wildman–Crippen LogP) is 2.31. The number of nitrogens with one attached hydrogen (secondary N) is 2. The Balaban J connectivity index is 1.70. The summed E-state index contributed by atoms with van der Waals surface area (Å²) in [5.41, 5.74) is 2.52. The highest BCUT2D eigenvalue weighted by Crippen LogP contribution is 2.24. The van der Waals surface area contributed by atoms with Crippen molar-refractivity contribution in [2.24, 2.45) is 12.0 Å². The maximum absolute atomic E-state index is 6.06. The quantitative estimate of drug-likeness (QED) is 0.911. The number of halogens is 1. The van der Waals surface area contributed by atoms with Crippen molar-refractivity contribution in [3.63, 3.8) is 0 Å². The molecule has 5 heteroatoms. The van der Waals surface area contributed by atoms with Gasteiger partial charge < -0.3 is 15.2 Å². The summed E-state index contributed by atoms with van der Waals surface area (Å²) in [7, 11) is 2.06. The molecule has 0 saturated carbocycles. The van der Waals surface area contributed by atoms with Crippen molar-refractivity contribution in [3.05, 3.63) is 35.0 Å². The first-order chi connectivity index (χ1) is 9.74. The number of fused-ring (bicyclic) bond motifs is 1. The third-order valence-corrected chi connectivity index (χ3v) is 3.85. The number of rotatable bonds is 3. The summed E-state index contributed by atoms with van der Waals surface area (Å²) in [6.45, 7) is 2.81. The lowest BCUT2D eigenvalue weighted by atomic mass is 10.1. The molecule has 1 aliphatic rings. The molecule has 106 valence electrons. The highest BCUT2D eigenvalue weighted by Gasteiger charge is 2.08. The third-order valence-electron chi connectivity index (χ3n) is 3.62. The van der Waals surface area contributed by atoms with E-state index in [2.05, 4.69) is 39.5 Å². The molecule has 2 N–H and O–H groups in total. The van der Waals surface area contributed by atoms with Gasteiger partial charge in [-0.3, -0.25) is 4.99 Å². The number of benzene rings is 1. The molecule has 0 bridgehead atoms. The molecular weight excluding hydrogens is 272 g/mol. The van der Waals surface area contributed by atoms with Crippen LogP contribution in [-0.4, -0.2) is 30.2 Å². The fraction of sp³-hybridized carbons (Fsp3) is 0.400. The Hall–Kier alpha value is -1.68. The molecule has 0 saturated heterocycles. The Morgan fingerprint density at radius 2 is 2.35 bits per heavy atom. The van der Waals surface area contributed by atoms with E-state index in [1.807, 2.05) is 12.1 Å². The molecule has 0 amide bonds. The van der Waals surface area contributed by atoms with Crippen LogP contribution in [0.3, 0.4) is 0 Å². The maximum atomic E-state index is 6.06. The Bertz CT molecular complexity index is 645.